The zero-order valence-corrected chi connectivity index (χ0v) is 9.82. The van der Waals surface area contributed by atoms with Crippen LogP contribution in [-0.4, -0.2) is 38.8 Å². The lowest BCUT2D eigenvalue weighted by molar-refractivity contribution is -0.121. The van der Waals surface area contributed by atoms with Crippen molar-refractivity contribution in [1.82, 2.24) is 5.32 Å². The summed E-state index contributed by atoms with van der Waals surface area (Å²) in [6.45, 7) is 1.66. The number of nitrogens with one attached hydrogen (secondary N) is 3. The van der Waals surface area contributed by atoms with Crippen molar-refractivity contribution in [3.8, 4) is 0 Å². The van der Waals surface area contributed by atoms with Crippen molar-refractivity contribution in [2.75, 3.05) is 37.4 Å². The number of carbonyl (C=O) groups excluding carboxylic acids is 1. The summed E-state index contributed by atoms with van der Waals surface area (Å²) in [5.41, 5.74) is 2.00. The summed E-state index contributed by atoms with van der Waals surface area (Å²) in [6.07, 6.45) is 0. The van der Waals surface area contributed by atoms with Crippen LogP contribution in [0, 0.1) is 0 Å². The average molecular weight is 235 g/mol. The van der Waals surface area contributed by atoms with Crippen LogP contribution in [0.4, 0.5) is 11.4 Å². The largest absolute Gasteiger partial charge is 0.383 e. The summed E-state index contributed by atoms with van der Waals surface area (Å²) < 4.78 is 4.89. The van der Waals surface area contributed by atoms with E-state index in [0.717, 1.165) is 11.4 Å². The molecule has 1 heterocycles. The number of amides is 1. The van der Waals surface area contributed by atoms with Gasteiger partial charge >= 0.3 is 0 Å². The van der Waals surface area contributed by atoms with Crippen molar-refractivity contribution >= 4 is 17.3 Å². The molecule has 1 aromatic carbocycles. The predicted octanol–water partition coefficient (Wildman–Crippen LogP) is 0.655. The van der Waals surface area contributed by atoms with Gasteiger partial charge in [-0.2, -0.15) is 0 Å². The van der Waals surface area contributed by atoms with Crippen LogP contribution >= 0.6 is 0 Å². The van der Waals surface area contributed by atoms with Crippen LogP contribution in [-0.2, 0) is 9.53 Å². The van der Waals surface area contributed by atoms with Gasteiger partial charge in [0.15, 0.2) is 0 Å². The number of benzene rings is 1. The topological polar surface area (TPSA) is 62.4 Å². The molecule has 0 aromatic heterocycles. The predicted molar refractivity (Wildman–Crippen MR) is 67.2 cm³/mol. The van der Waals surface area contributed by atoms with Gasteiger partial charge in [0.2, 0.25) is 5.91 Å². The Balaban J connectivity index is 1.91. The van der Waals surface area contributed by atoms with Crippen molar-refractivity contribution in [2.45, 2.75) is 6.04 Å². The van der Waals surface area contributed by atoms with Crippen LogP contribution in [0.3, 0.4) is 0 Å². The molecular weight excluding hydrogens is 218 g/mol. The fourth-order valence-electron chi connectivity index (χ4n) is 1.77. The number of para-hydroxylation sites is 2. The molecule has 1 unspecified atom stereocenters. The van der Waals surface area contributed by atoms with E-state index in [0.29, 0.717) is 19.7 Å². The Morgan fingerprint density at radius 3 is 3.00 bits per heavy atom. The first-order valence-electron chi connectivity index (χ1n) is 5.67. The molecule has 3 N–H and O–H groups in total. The Kier molecular flexibility index (Phi) is 3.82. The van der Waals surface area contributed by atoms with Crippen molar-refractivity contribution < 1.29 is 9.53 Å². The summed E-state index contributed by atoms with van der Waals surface area (Å²) in [7, 11) is 1.61. The molecule has 0 saturated heterocycles. The highest BCUT2D eigenvalue weighted by Crippen LogP contribution is 2.24. The van der Waals surface area contributed by atoms with Crippen molar-refractivity contribution in [3.63, 3.8) is 0 Å². The van der Waals surface area contributed by atoms with Crippen molar-refractivity contribution in [3.05, 3.63) is 24.3 Å². The molecular formula is C12H17N3O2. The van der Waals surface area contributed by atoms with E-state index in [4.69, 9.17) is 4.74 Å². The SMILES string of the molecule is COCCNC(=O)C1CNc2ccccc2N1. The third kappa shape index (κ3) is 2.88. The Morgan fingerprint density at radius 2 is 2.24 bits per heavy atom. The molecule has 17 heavy (non-hydrogen) atoms. The van der Waals surface area contributed by atoms with E-state index in [9.17, 15) is 4.79 Å². The van der Waals surface area contributed by atoms with E-state index in [2.05, 4.69) is 16.0 Å². The maximum atomic E-state index is 11.8. The molecule has 0 aliphatic carbocycles. The number of hydrogen-bond donors (Lipinski definition) is 3. The average Bonchev–Trinajstić information content (AvgIpc) is 2.38. The second-order valence-corrected chi connectivity index (χ2v) is 3.91. The molecule has 1 amide bonds. The standard InChI is InChI=1S/C12H17N3O2/c1-17-7-6-13-12(16)11-8-14-9-4-2-3-5-10(9)15-11/h2-5,11,14-15H,6-8H2,1H3,(H,13,16). The van der Waals surface area contributed by atoms with Gasteiger partial charge in [-0.1, -0.05) is 12.1 Å². The number of rotatable bonds is 4. The van der Waals surface area contributed by atoms with Gasteiger partial charge in [0, 0.05) is 20.2 Å². The van der Waals surface area contributed by atoms with E-state index in [-0.39, 0.29) is 11.9 Å². The van der Waals surface area contributed by atoms with Crippen molar-refractivity contribution in [1.29, 1.82) is 0 Å². The third-order valence-electron chi connectivity index (χ3n) is 2.68. The monoisotopic (exact) mass is 235 g/mol. The van der Waals surface area contributed by atoms with Gasteiger partial charge in [-0.3, -0.25) is 4.79 Å². The molecule has 1 aromatic rings. The fraction of sp³-hybridized carbons (Fsp3) is 0.417. The summed E-state index contributed by atoms with van der Waals surface area (Å²) >= 11 is 0. The summed E-state index contributed by atoms with van der Waals surface area (Å²) in [5, 5.41) is 9.26. The van der Waals surface area contributed by atoms with Gasteiger partial charge in [0.1, 0.15) is 6.04 Å². The number of carbonyl (C=O) groups is 1. The molecule has 1 aliphatic heterocycles. The first-order chi connectivity index (χ1) is 8.31. The highest BCUT2D eigenvalue weighted by atomic mass is 16.5. The molecule has 0 radical (unpaired) electrons. The van der Waals surface area contributed by atoms with Gasteiger partial charge in [0.05, 0.1) is 18.0 Å². The van der Waals surface area contributed by atoms with Gasteiger partial charge in [-0.05, 0) is 12.1 Å². The number of methoxy groups -OCH3 is 1. The van der Waals surface area contributed by atoms with Gasteiger partial charge in [-0.25, -0.2) is 0 Å². The second kappa shape index (κ2) is 5.54. The highest BCUT2D eigenvalue weighted by Gasteiger charge is 2.22. The Morgan fingerprint density at radius 1 is 1.47 bits per heavy atom. The maximum absolute atomic E-state index is 11.8. The van der Waals surface area contributed by atoms with Crippen LogP contribution in [0.15, 0.2) is 24.3 Å². The van der Waals surface area contributed by atoms with E-state index in [1.54, 1.807) is 7.11 Å². The molecule has 0 spiro atoms. The van der Waals surface area contributed by atoms with Crippen LogP contribution in [0.5, 0.6) is 0 Å². The van der Waals surface area contributed by atoms with Crippen LogP contribution < -0.4 is 16.0 Å². The Hall–Kier alpha value is -1.75. The molecule has 0 bridgehead atoms. The van der Waals surface area contributed by atoms with E-state index in [1.807, 2.05) is 24.3 Å². The lowest BCUT2D eigenvalue weighted by Gasteiger charge is -2.27. The first kappa shape index (κ1) is 11.7. The number of hydrogen-bond acceptors (Lipinski definition) is 4. The summed E-state index contributed by atoms with van der Waals surface area (Å²) in [4.78, 5) is 11.8. The molecule has 92 valence electrons. The molecule has 5 heteroatoms. The normalized spacial score (nSPS) is 17.6. The molecule has 0 saturated carbocycles. The zero-order chi connectivity index (χ0) is 12.1. The maximum Gasteiger partial charge on any atom is 0.244 e. The Bertz CT molecular complexity index is 395. The quantitative estimate of drug-likeness (QED) is 0.671. The van der Waals surface area contributed by atoms with E-state index < -0.39 is 0 Å². The molecule has 0 fully saturated rings. The third-order valence-corrected chi connectivity index (χ3v) is 2.68. The smallest absolute Gasteiger partial charge is 0.244 e. The Labute approximate surface area is 101 Å². The van der Waals surface area contributed by atoms with Crippen LogP contribution in [0.25, 0.3) is 0 Å². The molecule has 2 rings (SSSR count). The number of fused-ring (bicyclic) bond motifs is 1. The van der Waals surface area contributed by atoms with Gasteiger partial charge in [-0.15, -0.1) is 0 Å². The van der Waals surface area contributed by atoms with E-state index in [1.165, 1.54) is 0 Å². The summed E-state index contributed by atoms with van der Waals surface area (Å²) in [5.74, 6) is -0.0101. The van der Waals surface area contributed by atoms with E-state index >= 15 is 0 Å². The van der Waals surface area contributed by atoms with Crippen LogP contribution in [0.1, 0.15) is 0 Å². The molecule has 1 atom stereocenters. The lowest BCUT2D eigenvalue weighted by atomic mass is 10.1. The minimum atomic E-state index is -0.234. The van der Waals surface area contributed by atoms with Gasteiger partial charge in [0.25, 0.3) is 0 Å². The zero-order valence-electron chi connectivity index (χ0n) is 9.82. The minimum absolute atomic E-state index is 0.0101. The molecule has 5 nitrogen and oxygen atoms in total. The molecule has 1 aliphatic rings. The van der Waals surface area contributed by atoms with Gasteiger partial charge < -0.3 is 20.7 Å². The first-order valence-corrected chi connectivity index (χ1v) is 5.67. The summed E-state index contributed by atoms with van der Waals surface area (Å²) in [6, 6.07) is 7.62. The van der Waals surface area contributed by atoms with Crippen LogP contribution in [0.2, 0.25) is 0 Å². The minimum Gasteiger partial charge on any atom is -0.383 e. The lowest BCUT2D eigenvalue weighted by Crippen LogP contribution is -2.46. The second-order valence-electron chi connectivity index (χ2n) is 3.91. The highest BCUT2D eigenvalue weighted by molar-refractivity contribution is 5.88. The fourth-order valence-corrected chi connectivity index (χ4v) is 1.77. The number of ether oxygens (including phenoxy) is 1. The number of anilines is 2. The van der Waals surface area contributed by atoms with Crippen molar-refractivity contribution in [2.24, 2.45) is 0 Å².